The zero-order chi connectivity index (χ0) is 16.2. The highest BCUT2D eigenvalue weighted by Crippen LogP contribution is 2.18. The highest BCUT2D eigenvalue weighted by molar-refractivity contribution is 5.98. The number of amides is 2. The summed E-state index contributed by atoms with van der Waals surface area (Å²) in [6, 6.07) is 7.10. The van der Waals surface area contributed by atoms with Crippen molar-refractivity contribution < 1.29 is 9.59 Å². The van der Waals surface area contributed by atoms with Gasteiger partial charge in [0.1, 0.15) is 0 Å². The zero-order valence-corrected chi connectivity index (χ0v) is 13.8. The lowest BCUT2D eigenvalue weighted by Crippen LogP contribution is -2.36. The lowest BCUT2D eigenvalue weighted by molar-refractivity contribution is -0.123. The topological polar surface area (TPSA) is 58.2 Å². The average molecular weight is 290 g/mol. The summed E-state index contributed by atoms with van der Waals surface area (Å²) >= 11 is 0. The summed E-state index contributed by atoms with van der Waals surface area (Å²) in [5, 5.41) is 5.79. The van der Waals surface area contributed by atoms with Crippen LogP contribution in [0.2, 0.25) is 0 Å². The predicted molar refractivity (Wildman–Crippen MR) is 86.3 cm³/mol. The second kappa shape index (κ2) is 6.74. The van der Waals surface area contributed by atoms with Gasteiger partial charge in [0.05, 0.1) is 0 Å². The van der Waals surface area contributed by atoms with Crippen LogP contribution in [-0.2, 0) is 4.79 Å². The minimum Gasteiger partial charge on any atom is -0.349 e. The molecule has 1 aromatic carbocycles. The lowest BCUT2D eigenvalue weighted by Gasteiger charge is -2.19. The van der Waals surface area contributed by atoms with E-state index in [0.717, 1.165) is 0 Å². The van der Waals surface area contributed by atoms with Crippen LogP contribution >= 0.6 is 0 Å². The number of rotatable bonds is 4. The Morgan fingerprint density at radius 1 is 1.10 bits per heavy atom. The van der Waals surface area contributed by atoms with E-state index in [1.165, 1.54) is 0 Å². The minimum absolute atomic E-state index is 0.0735. The largest absolute Gasteiger partial charge is 0.349 e. The molecule has 0 saturated heterocycles. The van der Waals surface area contributed by atoms with E-state index in [-0.39, 0.29) is 17.9 Å². The summed E-state index contributed by atoms with van der Waals surface area (Å²) in [6.45, 7) is 11.7. The SMILES string of the molecule is CC(C)C(C)NC(=O)c1cccc(NC(=O)C(C)(C)C)c1. The molecular formula is C17H26N2O2. The van der Waals surface area contributed by atoms with Crippen molar-refractivity contribution in [1.29, 1.82) is 0 Å². The van der Waals surface area contributed by atoms with Crippen molar-refractivity contribution in [2.24, 2.45) is 11.3 Å². The van der Waals surface area contributed by atoms with Gasteiger partial charge in [0, 0.05) is 22.7 Å². The predicted octanol–water partition coefficient (Wildman–Crippen LogP) is 3.45. The van der Waals surface area contributed by atoms with E-state index in [9.17, 15) is 9.59 Å². The van der Waals surface area contributed by atoms with Crippen molar-refractivity contribution in [2.75, 3.05) is 5.32 Å². The quantitative estimate of drug-likeness (QED) is 0.892. The summed E-state index contributed by atoms with van der Waals surface area (Å²) in [5.74, 6) is 0.177. The van der Waals surface area contributed by atoms with Gasteiger partial charge in [-0.05, 0) is 31.0 Å². The Morgan fingerprint density at radius 2 is 1.71 bits per heavy atom. The summed E-state index contributed by atoms with van der Waals surface area (Å²) in [5.41, 5.74) is 0.721. The zero-order valence-electron chi connectivity index (χ0n) is 13.8. The van der Waals surface area contributed by atoms with Gasteiger partial charge < -0.3 is 10.6 Å². The molecule has 0 aliphatic heterocycles. The van der Waals surface area contributed by atoms with E-state index >= 15 is 0 Å². The maximum Gasteiger partial charge on any atom is 0.251 e. The number of nitrogens with one attached hydrogen (secondary N) is 2. The fourth-order valence-electron chi connectivity index (χ4n) is 1.51. The second-order valence-electron chi connectivity index (χ2n) is 6.79. The van der Waals surface area contributed by atoms with Gasteiger partial charge in [-0.1, -0.05) is 40.7 Å². The molecule has 1 aromatic rings. The molecule has 2 N–H and O–H groups in total. The number of benzene rings is 1. The van der Waals surface area contributed by atoms with Crippen LogP contribution in [0, 0.1) is 11.3 Å². The fourth-order valence-corrected chi connectivity index (χ4v) is 1.51. The average Bonchev–Trinajstić information content (AvgIpc) is 2.37. The van der Waals surface area contributed by atoms with Crippen LogP contribution in [-0.4, -0.2) is 17.9 Å². The summed E-state index contributed by atoms with van der Waals surface area (Å²) in [6.07, 6.45) is 0. The molecular weight excluding hydrogens is 264 g/mol. The summed E-state index contributed by atoms with van der Waals surface area (Å²) < 4.78 is 0. The molecule has 0 heterocycles. The van der Waals surface area contributed by atoms with Gasteiger partial charge >= 0.3 is 0 Å². The Balaban J connectivity index is 2.81. The van der Waals surface area contributed by atoms with Crippen LogP contribution in [0.5, 0.6) is 0 Å². The molecule has 0 bridgehead atoms. The third kappa shape index (κ3) is 5.21. The molecule has 1 rings (SSSR count). The Morgan fingerprint density at radius 3 is 2.24 bits per heavy atom. The van der Waals surface area contributed by atoms with Crippen molar-refractivity contribution in [2.45, 2.75) is 47.6 Å². The third-order valence-electron chi connectivity index (χ3n) is 3.42. The van der Waals surface area contributed by atoms with E-state index in [0.29, 0.717) is 17.2 Å². The van der Waals surface area contributed by atoms with E-state index < -0.39 is 5.41 Å². The van der Waals surface area contributed by atoms with Gasteiger partial charge in [0.15, 0.2) is 0 Å². The number of hydrogen-bond acceptors (Lipinski definition) is 2. The van der Waals surface area contributed by atoms with Gasteiger partial charge in [0.2, 0.25) is 5.91 Å². The second-order valence-corrected chi connectivity index (χ2v) is 6.79. The summed E-state index contributed by atoms with van der Waals surface area (Å²) in [4.78, 5) is 24.1. The van der Waals surface area contributed by atoms with Gasteiger partial charge in [-0.25, -0.2) is 0 Å². The lowest BCUT2D eigenvalue weighted by atomic mass is 9.95. The first-order valence-corrected chi connectivity index (χ1v) is 7.33. The monoisotopic (exact) mass is 290 g/mol. The number of anilines is 1. The molecule has 4 heteroatoms. The van der Waals surface area contributed by atoms with Crippen molar-refractivity contribution in [1.82, 2.24) is 5.32 Å². The van der Waals surface area contributed by atoms with Crippen LogP contribution in [0.4, 0.5) is 5.69 Å². The standard InChI is InChI=1S/C17H26N2O2/c1-11(2)12(3)18-15(20)13-8-7-9-14(10-13)19-16(21)17(4,5)6/h7-12H,1-6H3,(H,18,20)(H,19,21). The van der Waals surface area contributed by atoms with Crippen molar-refractivity contribution in [3.05, 3.63) is 29.8 Å². The van der Waals surface area contributed by atoms with E-state index in [4.69, 9.17) is 0 Å². The van der Waals surface area contributed by atoms with Crippen LogP contribution in [0.3, 0.4) is 0 Å². The van der Waals surface area contributed by atoms with Crippen molar-refractivity contribution >= 4 is 17.5 Å². The highest BCUT2D eigenvalue weighted by atomic mass is 16.2. The molecule has 1 atom stereocenters. The molecule has 116 valence electrons. The van der Waals surface area contributed by atoms with Crippen LogP contribution in [0.15, 0.2) is 24.3 Å². The Hall–Kier alpha value is -1.84. The first-order valence-electron chi connectivity index (χ1n) is 7.33. The van der Waals surface area contributed by atoms with Gasteiger partial charge in [-0.3, -0.25) is 9.59 Å². The fraction of sp³-hybridized carbons (Fsp3) is 0.529. The molecule has 0 aromatic heterocycles. The third-order valence-corrected chi connectivity index (χ3v) is 3.42. The van der Waals surface area contributed by atoms with Gasteiger partial charge in [0.25, 0.3) is 5.91 Å². The molecule has 0 aliphatic carbocycles. The first kappa shape index (κ1) is 17.2. The van der Waals surface area contributed by atoms with Gasteiger partial charge in [-0.15, -0.1) is 0 Å². The molecule has 0 spiro atoms. The number of hydrogen-bond donors (Lipinski definition) is 2. The molecule has 0 aliphatic rings. The highest BCUT2D eigenvalue weighted by Gasteiger charge is 2.21. The van der Waals surface area contributed by atoms with Crippen LogP contribution < -0.4 is 10.6 Å². The van der Waals surface area contributed by atoms with Crippen LogP contribution in [0.25, 0.3) is 0 Å². The molecule has 21 heavy (non-hydrogen) atoms. The van der Waals surface area contributed by atoms with E-state index in [1.54, 1.807) is 24.3 Å². The molecule has 0 saturated carbocycles. The number of carbonyl (C=O) groups excluding carboxylic acids is 2. The Bertz CT molecular complexity index is 516. The molecule has 4 nitrogen and oxygen atoms in total. The molecule has 0 radical (unpaired) electrons. The van der Waals surface area contributed by atoms with Gasteiger partial charge in [-0.2, -0.15) is 0 Å². The summed E-state index contributed by atoms with van der Waals surface area (Å²) in [7, 11) is 0. The molecule has 2 amide bonds. The molecule has 1 unspecified atom stereocenters. The van der Waals surface area contributed by atoms with Crippen molar-refractivity contribution in [3.8, 4) is 0 Å². The maximum atomic E-state index is 12.2. The Kier molecular flexibility index (Phi) is 5.53. The smallest absolute Gasteiger partial charge is 0.251 e. The van der Waals surface area contributed by atoms with E-state index in [1.807, 2.05) is 27.7 Å². The van der Waals surface area contributed by atoms with Crippen LogP contribution in [0.1, 0.15) is 51.9 Å². The molecule has 0 fully saturated rings. The minimum atomic E-state index is -0.468. The van der Waals surface area contributed by atoms with E-state index in [2.05, 4.69) is 24.5 Å². The Labute approximate surface area is 127 Å². The maximum absolute atomic E-state index is 12.2. The number of carbonyl (C=O) groups is 2. The normalized spacial score (nSPS) is 12.9. The van der Waals surface area contributed by atoms with Crippen molar-refractivity contribution in [3.63, 3.8) is 0 Å². The first-order chi connectivity index (χ1) is 9.61.